The Morgan fingerprint density at radius 2 is 1.77 bits per heavy atom. The van der Waals surface area contributed by atoms with Gasteiger partial charge in [-0.1, -0.05) is 6.42 Å². The van der Waals surface area contributed by atoms with E-state index in [0.717, 1.165) is 62.9 Å². The minimum Gasteiger partial charge on any atom is -0.356 e. The van der Waals surface area contributed by atoms with E-state index >= 15 is 0 Å². The molecular weight excluding hydrogens is 346 g/mol. The third-order valence-electron chi connectivity index (χ3n) is 6.37. The Hall–Kier alpha value is -1.43. The molecule has 5 nitrogen and oxygen atoms in total. The van der Waals surface area contributed by atoms with E-state index in [1.54, 1.807) is 11.3 Å². The van der Waals surface area contributed by atoms with Gasteiger partial charge >= 0.3 is 0 Å². The number of hydrogen-bond donors (Lipinski definition) is 2. The van der Waals surface area contributed by atoms with Gasteiger partial charge in [0.15, 0.2) is 0 Å². The first-order valence-corrected chi connectivity index (χ1v) is 11.1. The minimum atomic E-state index is 0.0603. The lowest BCUT2D eigenvalue weighted by atomic mass is 9.78. The molecule has 3 saturated carbocycles. The molecule has 0 spiro atoms. The van der Waals surface area contributed by atoms with Gasteiger partial charge in [-0.05, 0) is 63.2 Å². The molecule has 0 bridgehead atoms. The van der Waals surface area contributed by atoms with Crippen molar-refractivity contribution < 1.29 is 9.59 Å². The van der Waals surface area contributed by atoms with Crippen molar-refractivity contribution in [2.45, 2.75) is 63.8 Å². The summed E-state index contributed by atoms with van der Waals surface area (Å²) in [6.07, 6.45) is 11.6. The molecule has 0 saturated heterocycles. The minimum absolute atomic E-state index is 0.0603. The van der Waals surface area contributed by atoms with Crippen LogP contribution in [0.3, 0.4) is 0 Å². The molecule has 0 unspecified atom stereocenters. The Bertz CT molecular complexity index is 617. The maximum Gasteiger partial charge on any atom is 0.223 e. The quantitative estimate of drug-likeness (QED) is 0.767. The summed E-state index contributed by atoms with van der Waals surface area (Å²) in [5.74, 6) is 2.01. The van der Waals surface area contributed by atoms with Crippen LogP contribution in [0.5, 0.6) is 0 Å². The highest BCUT2D eigenvalue weighted by Crippen LogP contribution is 2.38. The Labute approximate surface area is 159 Å². The summed E-state index contributed by atoms with van der Waals surface area (Å²) in [7, 11) is 0. The fourth-order valence-corrected chi connectivity index (χ4v) is 4.95. The van der Waals surface area contributed by atoms with E-state index in [4.69, 9.17) is 0 Å². The van der Waals surface area contributed by atoms with Gasteiger partial charge in [-0.3, -0.25) is 9.59 Å². The molecule has 6 heteroatoms. The summed E-state index contributed by atoms with van der Waals surface area (Å²) in [6.45, 7) is 0.818. The Morgan fingerprint density at radius 3 is 2.35 bits per heavy atom. The van der Waals surface area contributed by atoms with Crippen LogP contribution < -0.4 is 10.6 Å². The van der Waals surface area contributed by atoms with Crippen LogP contribution in [0.2, 0.25) is 0 Å². The molecule has 4 rings (SSSR count). The fraction of sp³-hybridized carbons (Fsp3) is 0.750. The van der Waals surface area contributed by atoms with Gasteiger partial charge in [0.1, 0.15) is 5.01 Å². The summed E-state index contributed by atoms with van der Waals surface area (Å²) in [5.41, 5.74) is 0. The molecule has 0 aliphatic heterocycles. The van der Waals surface area contributed by atoms with Crippen molar-refractivity contribution in [3.8, 4) is 0 Å². The molecule has 3 aliphatic rings. The molecule has 3 fully saturated rings. The van der Waals surface area contributed by atoms with Gasteiger partial charge in [-0.2, -0.15) is 0 Å². The molecule has 26 heavy (non-hydrogen) atoms. The molecule has 3 aliphatic carbocycles. The molecular formula is C20H29N3O2S. The predicted octanol–water partition coefficient (Wildman–Crippen LogP) is 3.43. The third-order valence-corrected chi connectivity index (χ3v) is 7.23. The number of hydrogen-bond acceptors (Lipinski definition) is 4. The van der Waals surface area contributed by atoms with Gasteiger partial charge in [0.25, 0.3) is 0 Å². The Morgan fingerprint density at radius 1 is 1.04 bits per heavy atom. The van der Waals surface area contributed by atoms with Crippen molar-refractivity contribution in [1.82, 2.24) is 15.6 Å². The number of rotatable bonds is 7. The number of nitrogens with one attached hydrogen (secondary N) is 2. The van der Waals surface area contributed by atoms with E-state index in [0.29, 0.717) is 17.8 Å². The number of aromatic nitrogens is 1. The highest BCUT2D eigenvalue weighted by Gasteiger charge is 2.35. The molecule has 1 atom stereocenters. The number of amides is 2. The van der Waals surface area contributed by atoms with E-state index in [2.05, 4.69) is 15.6 Å². The lowest BCUT2D eigenvalue weighted by molar-refractivity contribution is -0.128. The van der Waals surface area contributed by atoms with Gasteiger partial charge in [0.2, 0.25) is 11.8 Å². The van der Waals surface area contributed by atoms with Gasteiger partial charge in [0.05, 0.1) is 6.04 Å². The first-order valence-electron chi connectivity index (χ1n) is 10.2. The van der Waals surface area contributed by atoms with Crippen molar-refractivity contribution in [2.75, 3.05) is 6.54 Å². The lowest BCUT2D eigenvalue weighted by Crippen LogP contribution is -2.41. The van der Waals surface area contributed by atoms with Crippen LogP contribution in [-0.4, -0.2) is 23.3 Å². The molecule has 1 aromatic heterocycles. The average Bonchev–Trinajstić information content (AvgIpc) is 3.32. The van der Waals surface area contributed by atoms with Crippen LogP contribution in [0.25, 0.3) is 0 Å². The number of nitrogens with zero attached hydrogens (tertiary/aromatic N) is 1. The summed E-state index contributed by atoms with van der Waals surface area (Å²) < 4.78 is 0. The van der Waals surface area contributed by atoms with Crippen LogP contribution in [0.1, 0.15) is 68.8 Å². The second-order valence-corrected chi connectivity index (χ2v) is 9.21. The summed E-state index contributed by atoms with van der Waals surface area (Å²) in [6, 6.07) is 0.0603. The second kappa shape index (κ2) is 8.07. The Kier molecular flexibility index (Phi) is 5.57. The van der Waals surface area contributed by atoms with Crippen LogP contribution in [0.15, 0.2) is 11.6 Å². The van der Waals surface area contributed by atoms with E-state index < -0.39 is 0 Å². The van der Waals surface area contributed by atoms with Gasteiger partial charge < -0.3 is 10.6 Å². The SMILES string of the molecule is O=C(NCC1CCC([C@@H](NC(=O)C2CCC2)c2nccs2)CC1)C1CC1. The largest absolute Gasteiger partial charge is 0.356 e. The Balaban J connectivity index is 1.30. The molecule has 0 radical (unpaired) electrons. The zero-order chi connectivity index (χ0) is 17.9. The maximum atomic E-state index is 12.5. The summed E-state index contributed by atoms with van der Waals surface area (Å²) >= 11 is 1.65. The monoisotopic (exact) mass is 375 g/mol. The van der Waals surface area contributed by atoms with Crippen molar-refractivity contribution in [3.63, 3.8) is 0 Å². The molecule has 1 aromatic rings. The number of carbonyl (C=O) groups excluding carboxylic acids is 2. The average molecular weight is 376 g/mol. The molecule has 0 aromatic carbocycles. The number of carbonyl (C=O) groups is 2. The fourth-order valence-electron chi connectivity index (χ4n) is 4.17. The van der Waals surface area contributed by atoms with E-state index in [9.17, 15) is 9.59 Å². The van der Waals surface area contributed by atoms with Crippen LogP contribution >= 0.6 is 11.3 Å². The number of thiazole rings is 1. The first-order chi connectivity index (χ1) is 12.7. The zero-order valence-corrected chi connectivity index (χ0v) is 16.1. The van der Waals surface area contributed by atoms with Gasteiger partial charge in [-0.25, -0.2) is 4.98 Å². The zero-order valence-electron chi connectivity index (χ0n) is 15.3. The second-order valence-electron chi connectivity index (χ2n) is 8.28. The predicted molar refractivity (Wildman–Crippen MR) is 102 cm³/mol. The lowest BCUT2D eigenvalue weighted by Gasteiger charge is -2.35. The maximum absolute atomic E-state index is 12.5. The standard InChI is InChI=1S/C20H29N3O2S/c24-18(16-8-9-16)22-12-13-4-6-14(7-5-13)17(20-21-10-11-26-20)23-19(25)15-2-1-3-15/h10-11,13-17H,1-9,12H2,(H,22,24)(H,23,25)/t13?,14?,17-/m1/s1. The molecule has 2 N–H and O–H groups in total. The van der Waals surface area contributed by atoms with Crippen LogP contribution in [-0.2, 0) is 9.59 Å². The third kappa shape index (κ3) is 4.27. The smallest absolute Gasteiger partial charge is 0.223 e. The van der Waals surface area contributed by atoms with Gasteiger partial charge in [0, 0.05) is 30.0 Å². The molecule has 1 heterocycles. The van der Waals surface area contributed by atoms with E-state index in [1.807, 2.05) is 11.6 Å². The first kappa shape index (κ1) is 18.0. The normalized spacial score (nSPS) is 27.4. The molecule has 142 valence electrons. The summed E-state index contributed by atoms with van der Waals surface area (Å²) in [5, 5.41) is 9.49. The molecule has 2 amide bonds. The summed E-state index contributed by atoms with van der Waals surface area (Å²) in [4.78, 5) is 28.8. The van der Waals surface area contributed by atoms with E-state index in [-0.39, 0.29) is 23.8 Å². The van der Waals surface area contributed by atoms with Crippen molar-refractivity contribution in [1.29, 1.82) is 0 Å². The van der Waals surface area contributed by atoms with Crippen molar-refractivity contribution in [2.24, 2.45) is 23.7 Å². The van der Waals surface area contributed by atoms with Gasteiger partial charge in [-0.15, -0.1) is 11.3 Å². The topological polar surface area (TPSA) is 71.1 Å². The van der Waals surface area contributed by atoms with Crippen molar-refractivity contribution >= 4 is 23.2 Å². The van der Waals surface area contributed by atoms with Crippen LogP contribution in [0.4, 0.5) is 0 Å². The van der Waals surface area contributed by atoms with Crippen molar-refractivity contribution in [3.05, 3.63) is 16.6 Å². The van der Waals surface area contributed by atoms with Crippen LogP contribution in [0, 0.1) is 23.7 Å². The highest BCUT2D eigenvalue weighted by atomic mass is 32.1. The van der Waals surface area contributed by atoms with E-state index in [1.165, 1.54) is 6.42 Å². The highest BCUT2D eigenvalue weighted by molar-refractivity contribution is 7.09.